The highest BCUT2D eigenvalue weighted by molar-refractivity contribution is 5.84. The van der Waals surface area contributed by atoms with Crippen LogP contribution >= 0.6 is 0 Å². The lowest BCUT2D eigenvalue weighted by Crippen LogP contribution is -2.47. The molecule has 0 radical (unpaired) electrons. The minimum absolute atomic E-state index is 0.0406. The molecule has 3 fully saturated rings. The number of carbonyl (C=O) groups is 2. The standard InChI is InChI=1S/C20H25FN2O2/c21-17-8-5-14(6-9-17)18-10-7-16(19(24)22-11-13-1-2-13)12-23(18)20(25)15-3-4-15/h5-6,8-9,13,15-16,18H,1-4,7,10-12H2,(H,22,24)/t16-,18-/m0/s1. The zero-order valence-electron chi connectivity index (χ0n) is 14.4. The van der Waals surface area contributed by atoms with Crippen LogP contribution in [0.5, 0.6) is 0 Å². The Morgan fingerprint density at radius 1 is 1.00 bits per heavy atom. The second-order valence-corrected chi connectivity index (χ2v) is 7.80. The van der Waals surface area contributed by atoms with Crippen molar-refractivity contribution in [3.8, 4) is 0 Å². The van der Waals surface area contributed by atoms with E-state index in [-0.39, 0.29) is 35.5 Å². The van der Waals surface area contributed by atoms with Crippen molar-refractivity contribution in [2.24, 2.45) is 17.8 Å². The van der Waals surface area contributed by atoms with Gasteiger partial charge in [-0.3, -0.25) is 9.59 Å². The molecule has 5 heteroatoms. The van der Waals surface area contributed by atoms with Gasteiger partial charge in [-0.2, -0.15) is 0 Å². The Morgan fingerprint density at radius 3 is 2.32 bits per heavy atom. The number of amides is 2. The fraction of sp³-hybridized carbons (Fsp3) is 0.600. The summed E-state index contributed by atoms with van der Waals surface area (Å²) in [5.74, 6) is 0.627. The van der Waals surface area contributed by atoms with Crippen molar-refractivity contribution < 1.29 is 14.0 Å². The van der Waals surface area contributed by atoms with Gasteiger partial charge in [0.25, 0.3) is 0 Å². The molecule has 1 heterocycles. The SMILES string of the molecule is O=C(NCC1CC1)[C@H]1CC[C@@H](c2ccc(F)cc2)N(C(=O)C2CC2)C1. The predicted molar refractivity (Wildman–Crippen MR) is 92.0 cm³/mol. The Bertz CT molecular complexity index is 652. The molecule has 1 aliphatic heterocycles. The number of rotatable bonds is 5. The summed E-state index contributed by atoms with van der Waals surface area (Å²) >= 11 is 0. The molecule has 4 nitrogen and oxygen atoms in total. The van der Waals surface area contributed by atoms with Crippen LogP contribution in [0.15, 0.2) is 24.3 Å². The molecule has 1 saturated heterocycles. The molecule has 0 unspecified atom stereocenters. The first kappa shape index (κ1) is 16.6. The van der Waals surface area contributed by atoms with Gasteiger partial charge in [0.1, 0.15) is 5.82 Å². The zero-order chi connectivity index (χ0) is 17.4. The van der Waals surface area contributed by atoms with E-state index < -0.39 is 0 Å². The molecule has 134 valence electrons. The summed E-state index contributed by atoms with van der Waals surface area (Å²) in [5, 5.41) is 3.05. The molecule has 0 bridgehead atoms. The number of nitrogens with zero attached hydrogens (tertiary/aromatic N) is 1. The Kier molecular flexibility index (Phi) is 4.48. The fourth-order valence-corrected chi connectivity index (χ4v) is 3.74. The van der Waals surface area contributed by atoms with Crippen molar-refractivity contribution in [1.82, 2.24) is 10.2 Å². The van der Waals surface area contributed by atoms with Crippen molar-refractivity contribution in [2.75, 3.05) is 13.1 Å². The van der Waals surface area contributed by atoms with E-state index in [0.717, 1.165) is 37.8 Å². The first-order chi connectivity index (χ1) is 12.1. The number of piperidine rings is 1. The molecule has 0 spiro atoms. The molecule has 25 heavy (non-hydrogen) atoms. The maximum Gasteiger partial charge on any atom is 0.226 e. The van der Waals surface area contributed by atoms with Crippen LogP contribution in [0, 0.1) is 23.6 Å². The van der Waals surface area contributed by atoms with Crippen molar-refractivity contribution in [2.45, 2.75) is 44.6 Å². The van der Waals surface area contributed by atoms with Crippen LogP contribution in [-0.2, 0) is 9.59 Å². The van der Waals surface area contributed by atoms with Gasteiger partial charge in [-0.15, -0.1) is 0 Å². The highest BCUT2D eigenvalue weighted by Crippen LogP contribution is 2.39. The van der Waals surface area contributed by atoms with Gasteiger partial charge in [-0.05, 0) is 62.1 Å². The maximum absolute atomic E-state index is 13.2. The monoisotopic (exact) mass is 344 g/mol. The van der Waals surface area contributed by atoms with Crippen molar-refractivity contribution in [3.63, 3.8) is 0 Å². The normalized spacial score (nSPS) is 26.4. The van der Waals surface area contributed by atoms with Gasteiger partial charge in [0.05, 0.1) is 12.0 Å². The highest BCUT2D eigenvalue weighted by Gasteiger charge is 2.41. The quantitative estimate of drug-likeness (QED) is 0.892. The average Bonchev–Trinajstić information content (AvgIpc) is 3.53. The van der Waals surface area contributed by atoms with E-state index in [1.807, 2.05) is 4.90 Å². The molecule has 0 aromatic heterocycles. The van der Waals surface area contributed by atoms with Crippen molar-refractivity contribution >= 4 is 11.8 Å². The molecule has 2 amide bonds. The number of likely N-dealkylation sites (tertiary alicyclic amines) is 1. The van der Waals surface area contributed by atoms with E-state index in [2.05, 4.69) is 5.32 Å². The van der Waals surface area contributed by atoms with E-state index in [4.69, 9.17) is 0 Å². The van der Waals surface area contributed by atoms with Gasteiger partial charge >= 0.3 is 0 Å². The van der Waals surface area contributed by atoms with Gasteiger partial charge in [-0.1, -0.05) is 12.1 Å². The number of benzene rings is 1. The highest BCUT2D eigenvalue weighted by atomic mass is 19.1. The summed E-state index contributed by atoms with van der Waals surface area (Å²) in [7, 11) is 0. The third kappa shape index (κ3) is 3.86. The van der Waals surface area contributed by atoms with Crippen molar-refractivity contribution in [3.05, 3.63) is 35.6 Å². The minimum Gasteiger partial charge on any atom is -0.356 e. The summed E-state index contributed by atoms with van der Waals surface area (Å²) in [5.41, 5.74) is 0.965. The average molecular weight is 344 g/mol. The summed E-state index contributed by atoms with van der Waals surface area (Å²) in [6, 6.07) is 6.38. The minimum atomic E-state index is -0.267. The lowest BCUT2D eigenvalue weighted by Gasteiger charge is -2.39. The molecule has 2 atom stereocenters. The number of hydrogen-bond acceptors (Lipinski definition) is 2. The van der Waals surface area contributed by atoms with Crippen LogP contribution in [-0.4, -0.2) is 29.8 Å². The smallest absolute Gasteiger partial charge is 0.226 e. The third-order valence-electron chi connectivity index (χ3n) is 5.68. The summed E-state index contributed by atoms with van der Waals surface area (Å²) < 4.78 is 13.2. The van der Waals surface area contributed by atoms with Crippen LogP contribution in [0.4, 0.5) is 4.39 Å². The Morgan fingerprint density at radius 2 is 1.68 bits per heavy atom. The molecule has 1 aromatic carbocycles. The van der Waals surface area contributed by atoms with Gasteiger partial charge in [0, 0.05) is 19.0 Å². The number of nitrogens with one attached hydrogen (secondary N) is 1. The van der Waals surface area contributed by atoms with E-state index in [9.17, 15) is 14.0 Å². The second-order valence-electron chi connectivity index (χ2n) is 7.80. The van der Waals surface area contributed by atoms with E-state index in [1.165, 1.54) is 25.0 Å². The van der Waals surface area contributed by atoms with E-state index in [1.54, 1.807) is 12.1 Å². The molecule has 3 aliphatic rings. The lowest BCUT2D eigenvalue weighted by molar-refractivity contribution is -0.140. The van der Waals surface area contributed by atoms with Crippen LogP contribution in [0.1, 0.15) is 50.1 Å². The topological polar surface area (TPSA) is 49.4 Å². The van der Waals surface area contributed by atoms with Crippen LogP contribution in [0.3, 0.4) is 0 Å². The first-order valence-electron chi connectivity index (χ1n) is 9.45. The van der Waals surface area contributed by atoms with Crippen LogP contribution < -0.4 is 5.32 Å². The Balaban J connectivity index is 1.47. The number of halogens is 1. The second kappa shape index (κ2) is 6.77. The molecular formula is C20H25FN2O2. The van der Waals surface area contributed by atoms with E-state index in [0.29, 0.717) is 12.5 Å². The fourth-order valence-electron chi connectivity index (χ4n) is 3.74. The molecule has 2 aliphatic carbocycles. The van der Waals surface area contributed by atoms with Crippen LogP contribution in [0.25, 0.3) is 0 Å². The predicted octanol–water partition coefficient (Wildman–Crippen LogP) is 3.04. The van der Waals surface area contributed by atoms with Gasteiger partial charge in [-0.25, -0.2) is 4.39 Å². The maximum atomic E-state index is 13.2. The third-order valence-corrected chi connectivity index (χ3v) is 5.68. The molecule has 1 N–H and O–H groups in total. The number of carbonyl (C=O) groups excluding carboxylic acids is 2. The van der Waals surface area contributed by atoms with Crippen molar-refractivity contribution in [1.29, 1.82) is 0 Å². The van der Waals surface area contributed by atoms with Gasteiger partial charge < -0.3 is 10.2 Å². The lowest BCUT2D eigenvalue weighted by atomic mass is 9.88. The van der Waals surface area contributed by atoms with Crippen LogP contribution in [0.2, 0.25) is 0 Å². The molecule has 1 aromatic rings. The molecule has 2 saturated carbocycles. The Hall–Kier alpha value is -1.91. The summed E-state index contributed by atoms with van der Waals surface area (Å²) in [6.07, 6.45) is 5.85. The largest absolute Gasteiger partial charge is 0.356 e. The number of hydrogen-bond donors (Lipinski definition) is 1. The van der Waals surface area contributed by atoms with E-state index >= 15 is 0 Å². The molecular weight excluding hydrogens is 319 g/mol. The first-order valence-corrected chi connectivity index (χ1v) is 9.45. The zero-order valence-corrected chi connectivity index (χ0v) is 14.4. The van der Waals surface area contributed by atoms with Gasteiger partial charge in [0.15, 0.2) is 0 Å². The summed E-state index contributed by atoms with van der Waals surface area (Å²) in [4.78, 5) is 27.1. The summed E-state index contributed by atoms with van der Waals surface area (Å²) in [6.45, 7) is 1.25. The molecule has 4 rings (SSSR count). The Labute approximate surface area is 147 Å². The van der Waals surface area contributed by atoms with Gasteiger partial charge in [0.2, 0.25) is 11.8 Å².